The first-order valence-corrected chi connectivity index (χ1v) is 11.8. The van der Waals surface area contributed by atoms with Crippen LogP contribution in [0.15, 0.2) is 48.5 Å². The zero-order valence-electron chi connectivity index (χ0n) is 18.6. The molecule has 0 spiro atoms. The van der Waals surface area contributed by atoms with E-state index in [1.807, 2.05) is 36.1 Å². The molecule has 1 saturated heterocycles. The van der Waals surface area contributed by atoms with Crippen molar-refractivity contribution in [2.45, 2.75) is 26.7 Å². The number of nitrogens with one attached hydrogen (secondary N) is 1. The molecule has 168 valence electrons. The molecule has 0 aliphatic carbocycles. The van der Waals surface area contributed by atoms with Gasteiger partial charge in [0.2, 0.25) is 5.13 Å². The van der Waals surface area contributed by atoms with Crippen LogP contribution in [0.3, 0.4) is 0 Å². The number of rotatable bonds is 6. The number of benzene rings is 2. The minimum Gasteiger partial charge on any atom is -0.494 e. The molecule has 0 atom stereocenters. The van der Waals surface area contributed by atoms with Crippen LogP contribution in [-0.4, -0.2) is 53.1 Å². The standard InChI is InChI=1S/C24H29N5O2S/c1-3-31-21-11-9-20(10-12-21)25-23(30)28-13-4-14-29(16-15-28)24-26-22(27-32-24)17-19-7-5-18(2)6-8-19/h5-12H,3-4,13-17H2,1-2H3,(H,25,30). The SMILES string of the molecule is CCOc1ccc(NC(=O)N2CCCN(c3nc(Cc4ccc(C)cc4)ns3)CC2)cc1. The smallest absolute Gasteiger partial charge is 0.321 e. The van der Waals surface area contributed by atoms with Crippen molar-refractivity contribution in [3.63, 3.8) is 0 Å². The predicted molar refractivity (Wildman–Crippen MR) is 129 cm³/mol. The first kappa shape index (κ1) is 22.1. The van der Waals surface area contributed by atoms with Crippen molar-refractivity contribution in [1.82, 2.24) is 14.3 Å². The summed E-state index contributed by atoms with van der Waals surface area (Å²) in [4.78, 5) is 21.6. The average Bonchev–Trinajstić information content (AvgIpc) is 3.11. The van der Waals surface area contributed by atoms with Gasteiger partial charge < -0.3 is 19.9 Å². The largest absolute Gasteiger partial charge is 0.494 e. The monoisotopic (exact) mass is 451 g/mol. The third-order valence-corrected chi connectivity index (χ3v) is 6.23. The molecular weight excluding hydrogens is 422 g/mol. The van der Waals surface area contributed by atoms with E-state index in [-0.39, 0.29) is 6.03 Å². The molecule has 1 aliphatic heterocycles. The highest BCUT2D eigenvalue weighted by molar-refractivity contribution is 7.09. The topological polar surface area (TPSA) is 70.6 Å². The molecule has 7 nitrogen and oxygen atoms in total. The van der Waals surface area contributed by atoms with Gasteiger partial charge in [-0.1, -0.05) is 29.8 Å². The van der Waals surface area contributed by atoms with Gasteiger partial charge in [-0.05, 0) is 50.1 Å². The molecule has 0 bridgehead atoms. The molecule has 1 aromatic heterocycles. The zero-order valence-corrected chi connectivity index (χ0v) is 19.4. The highest BCUT2D eigenvalue weighted by Crippen LogP contribution is 2.21. The summed E-state index contributed by atoms with van der Waals surface area (Å²) >= 11 is 1.44. The number of ether oxygens (including phenoxy) is 1. The van der Waals surface area contributed by atoms with Gasteiger partial charge in [0.05, 0.1) is 6.61 Å². The molecule has 3 aromatic rings. The Bertz CT molecular complexity index is 1020. The van der Waals surface area contributed by atoms with E-state index in [2.05, 4.69) is 45.8 Å². The Morgan fingerprint density at radius 2 is 1.84 bits per heavy atom. The van der Waals surface area contributed by atoms with Gasteiger partial charge >= 0.3 is 6.03 Å². The molecule has 1 aliphatic rings. The number of amides is 2. The van der Waals surface area contributed by atoms with E-state index >= 15 is 0 Å². The molecule has 2 heterocycles. The molecule has 2 aromatic carbocycles. The van der Waals surface area contributed by atoms with Crippen LogP contribution in [0.1, 0.15) is 30.3 Å². The molecule has 8 heteroatoms. The van der Waals surface area contributed by atoms with Gasteiger partial charge in [-0.15, -0.1) is 0 Å². The maximum Gasteiger partial charge on any atom is 0.321 e. The maximum absolute atomic E-state index is 12.7. The van der Waals surface area contributed by atoms with Crippen molar-refractivity contribution in [3.8, 4) is 5.75 Å². The Hall–Kier alpha value is -3.13. The number of urea groups is 1. The zero-order chi connectivity index (χ0) is 22.3. The summed E-state index contributed by atoms with van der Waals surface area (Å²) in [5, 5.41) is 3.92. The Labute approximate surface area is 193 Å². The van der Waals surface area contributed by atoms with E-state index in [9.17, 15) is 4.79 Å². The van der Waals surface area contributed by atoms with Crippen LogP contribution in [0.25, 0.3) is 0 Å². The van der Waals surface area contributed by atoms with Crippen LogP contribution in [0.5, 0.6) is 5.75 Å². The van der Waals surface area contributed by atoms with Crippen molar-refractivity contribution >= 4 is 28.4 Å². The fourth-order valence-corrected chi connectivity index (χ4v) is 4.39. The second-order valence-corrected chi connectivity index (χ2v) is 8.60. The molecule has 1 N–H and O–H groups in total. The molecule has 2 amide bonds. The lowest BCUT2D eigenvalue weighted by Crippen LogP contribution is -2.38. The third kappa shape index (κ3) is 5.76. The van der Waals surface area contributed by atoms with Crippen molar-refractivity contribution in [2.24, 2.45) is 0 Å². The van der Waals surface area contributed by atoms with Crippen LogP contribution >= 0.6 is 11.5 Å². The number of aryl methyl sites for hydroxylation is 1. The predicted octanol–water partition coefficient (Wildman–Crippen LogP) is 4.58. The molecule has 1 fully saturated rings. The van der Waals surface area contributed by atoms with E-state index in [1.165, 1.54) is 22.7 Å². The Morgan fingerprint density at radius 1 is 1.06 bits per heavy atom. The Kier molecular flexibility index (Phi) is 7.21. The average molecular weight is 452 g/mol. The van der Waals surface area contributed by atoms with Gasteiger partial charge in [0.15, 0.2) is 0 Å². The molecule has 0 saturated carbocycles. The van der Waals surface area contributed by atoms with Gasteiger partial charge in [-0.2, -0.15) is 4.37 Å². The highest BCUT2D eigenvalue weighted by atomic mass is 32.1. The minimum absolute atomic E-state index is 0.0756. The molecular formula is C24H29N5O2S. The number of carbonyl (C=O) groups excluding carboxylic acids is 1. The van der Waals surface area contributed by atoms with Crippen LogP contribution < -0.4 is 15.0 Å². The summed E-state index contributed by atoms with van der Waals surface area (Å²) in [6, 6.07) is 15.9. The van der Waals surface area contributed by atoms with Gasteiger partial charge in [-0.25, -0.2) is 9.78 Å². The summed E-state index contributed by atoms with van der Waals surface area (Å²) in [7, 11) is 0. The Balaban J connectivity index is 1.31. The normalized spacial score (nSPS) is 14.2. The van der Waals surface area contributed by atoms with Gasteiger partial charge in [0.25, 0.3) is 0 Å². The lowest BCUT2D eigenvalue weighted by Gasteiger charge is -2.22. The first-order chi connectivity index (χ1) is 15.6. The lowest BCUT2D eigenvalue weighted by atomic mass is 10.1. The van der Waals surface area contributed by atoms with Crippen LogP contribution in [-0.2, 0) is 6.42 Å². The number of hydrogen-bond acceptors (Lipinski definition) is 6. The van der Waals surface area contributed by atoms with Gasteiger partial charge in [-0.3, -0.25) is 0 Å². The van der Waals surface area contributed by atoms with E-state index < -0.39 is 0 Å². The van der Waals surface area contributed by atoms with E-state index in [0.29, 0.717) is 19.7 Å². The van der Waals surface area contributed by atoms with E-state index in [0.717, 1.165) is 48.3 Å². The highest BCUT2D eigenvalue weighted by Gasteiger charge is 2.21. The lowest BCUT2D eigenvalue weighted by molar-refractivity contribution is 0.215. The summed E-state index contributed by atoms with van der Waals surface area (Å²) in [6.07, 6.45) is 1.63. The van der Waals surface area contributed by atoms with Crippen LogP contribution in [0.2, 0.25) is 0 Å². The quantitative estimate of drug-likeness (QED) is 0.594. The summed E-state index contributed by atoms with van der Waals surface area (Å²) in [5.74, 6) is 1.65. The van der Waals surface area contributed by atoms with Crippen molar-refractivity contribution < 1.29 is 9.53 Å². The molecule has 4 rings (SSSR count). The fourth-order valence-electron chi connectivity index (χ4n) is 3.65. The van der Waals surface area contributed by atoms with Gasteiger partial charge in [0.1, 0.15) is 11.6 Å². The number of carbonyl (C=O) groups is 1. The second kappa shape index (κ2) is 10.5. The van der Waals surface area contributed by atoms with Gasteiger partial charge in [0, 0.05) is 49.8 Å². The van der Waals surface area contributed by atoms with Crippen molar-refractivity contribution in [3.05, 3.63) is 65.5 Å². The van der Waals surface area contributed by atoms with Crippen LogP contribution in [0, 0.1) is 6.92 Å². The number of nitrogens with zero attached hydrogens (tertiary/aromatic N) is 4. The number of hydrogen-bond donors (Lipinski definition) is 1. The van der Waals surface area contributed by atoms with Crippen molar-refractivity contribution in [1.29, 1.82) is 0 Å². The van der Waals surface area contributed by atoms with Crippen LogP contribution in [0.4, 0.5) is 15.6 Å². The Morgan fingerprint density at radius 3 is 2.59 bits per heavy atom. The van der Waals surface area contributed by atoms with Crippen molar-refractivity contribution in [2.75, 3.05) is 43.0 Å². The molecule has 32 heavy (non-hydrogen) atoms. The van der Waals surface area contributed by atoms with E-state index in [1.54, 1.807) is 0 Å². The summed E-state index contributed by atoms with van der Waals surface area (Å²) < 4.78 is 10.0. The second-order valence-electron chi connectivity index (χ2n) is 7.87. The van der Waals surface area contributed by atoms with E-state index in [4.69, 9.17) is 9.72 Å². The molecule has 0 radical (unpaired) electrons. The number of anilines is 2. The third-order valence-electron chi connectivity index (χ3n) is 5.41. The first-order valence-electron chi connectivity index (χ1n) is 11.0. The minimum atomic E-state index is -0.0756. The maximum atomic E-state index is 12.7. The fraction of sp³-hybridized carbons (Fsp3) is 0.375. The summed E-state index contributed by atoms with van der Waals surface area (Å²) in [6.45, 7) is 7.64. The number of aromatic nitrogens is 2. The molecule has 0 unspecified atom stereocenters. The summed E-state index contributed by atoms with van der Waals surface area (Å²) in [5.41, 5.74) is 3.23.